The van der Waals surface area contributed by atoms with Crippen molar-refractivity contribution < 1.29 is 29.3 Å². The highest BCUT2D eigenvalue weighted by molar-refractivity contribution is 5.97. The molecule has 0 aliphatic rings. The van der Waals surface area contributed by atoms with Crippen LogP contribution in [-0.4, -0.2) is 35.0 Å². The van der Waals surface area contributed by atoms with E-state index in [1.54, 1.807) is 12.1 Å². The molecule has 0 aliphatic carbocycles. The van der Waals surface area contributed by atoms with E-state index in [2.05, 4.69) is 0 Å². The molecule has 2 aromatic carbocycles. The fourth-order valence-corrected chi connectivity index (χ4v) is 2.53. The lowest BCUT2D eigenvalue weighted by molar-refractivity contribution is 0.100. The van der Waals surface area contributed by atoms with Crippen molar-refractivity contribution in [3.05, 3.63) is 47.5 Å². The lowest BCUT2D eigenvalue weighted by Gasteiger charge is -2.10. The summed E-state index contributed by atoms with van der Waals surface area (Å²) in [6.45, 7) is 3.78. The number of aromatic hydroxyl groups is 2. The number of Topliss-reactive ketones (excluding diaryl/α,β-unsaturated/α-hetero) is 2. The Morgan fingerprint density at radius 1 is 0.741 bits per heavy atom. The topological polar surface area (TPSA) is 93.1 Å². The highest BCUT2D eigenvalue weighted by atomic mass is 16.5. The first kappa shape index (κ1) is 20.3. The molecule has 0 heterocycles. The van der Waals surface area contributed by atoms with Crippen LogP contribution in [0.4, 0.5) is 0 Å². The molecule has 0 aromatic heterocycles. The van der Waals surface area contributed by atoms with E-state index in [1.807, 2.05) is 0 Å². The minimum Gasteiger partial charge on any atom is -0.507 e. The smallest absolute Gasteiger partial charge is 0.163 e. The number of hydrogen-bond donors (Lipinski definition) is 2. The van der Waals surface area contributed by atoms with Crippen LogP contribution in [0.1, 0.15) is 53.8 Å². The van der Waals surface area contributed by atoms with Crippen LogP contribution in [0.15, 0.2) is 36.4 Å². The van der Waals surface area contributed by atoms with Gasteiger partial charge < -0.3 is 19.7 Å². The van der Waals surface area contributed by atoms with E-state index in [-0.39, 0.29) is 34.2 Å². The summed E-state index contributed by atoms with van der Waals surface area (Å²) in [6.07, 6.45) is 2.51. The van der Waals surface area contributed by atoms with E-state index in [0.29, 0.717) is 24.7 Å². The maximum Gasteiger partial charge on any atom is 0.163 e. The van der Waals surface area contributed by atoms with Crippen molar-refractivity contribution in [3.8, 4) is 23.0 Å². The van der Waals surface area contributed by atoms with Gasteiger partial charge in [-0.1, -0.05) is 0 Å². The van der Waals surface area contributed by atoms with Crippen LogP contribution in [0.5, 0.6) is 23.0 Å². The number of rotatable bonds is 10. The number of ether oxygens (including phenoxy) is 2. The summed E-state index contributed by atoms with van der Waals surface area (Å²) in [4.78, 5) is 22.8. The molecule has 0 bridgehead atoms. The van der Waals surface area contributed by atoms with Crippen molar-refractivity contribution in [2.24, 2.45) is 0 Å². The van der Waals surface area contributed by atoms with Gasteiger partial charge in [0.15, 0.2) is 11.6 Å². The predicted octanol–water partition coefficient (Wildman–Crippen LogP) is 4.13. The summed E-state index contributed by atoms with van der Waals surface area (Å²) in [6, 6.07) is 9.24. The molecule has 0 spiro atoms. The second-order valence-corrected chi connectivity index (χ2v) is 6.23. The Hall–Kier alpha value is -3.02. The third kappa shape index (κ3) is 6.02. The van der Waals surface area contributed by atoms with Gasteiger partial charge in [-0.05, 0) is 69.5 Å². The predicted molar refractivity (Wildman–Crippen MR) is 101 cm³/mol. The minimum absolute atomic E-state index is 0.0471. The second-order valence-electron chi connectivity index (χ2n) is 6.23. The number of unbranched alkanes of at least 4 members (excludes halogenated alkanes) is 2. The van der Waals surface area contributed by atoms with Crippen molar-refractivity contribution in [2.45, 2.75) is 33.1 Å². The Labute approximate surface area is 158 Å². The van der Waals surface area contributed by atoms with Crippen LogP contribution >= 0.6 is 0 Å². The Kier molecular flexibility index (Phi) is 7.23. The Balaban J connectivity index is 1.68. The molecule has 0 radical (unpaired) electrons. The number of ketones is 2. The molecule has 2 aromatic rings. The third-order valence-electron chi connectivity index (χ3n) is 4.02. The van der Waals surface area contributed by atoms with Gasteiger partial charge >= 0.3 is 0 Å². The number of phenolic OH excluding ortho intramolecular Hbond substituents is 2. The molecular weight excluding hydrogens is 348 g/mol. The van der Waals surface area contributed by atoms with Gasteiger partial charge in [0, 0.05) is 0 Å². The number of phenols is 2. The third-order valence-corrected chi connectivity index (χ3v) is 4.02. The first-order valence-electron chi connectivity index (χ1n) is 8.82. The maximum absolute atomic E-state index is 11.4. The zero-order valence-corrected chi connectivity index (χ0v) is 15.5. The van der Waals surface area contributed by atoms with Crippen LogP contribution in [0.3, 0.4) is 0 Å². The quantitative estimate of drug-likeness (QED) is 0.481. The largest absolute Gasteiger partial charge is 0.507 e. The molecule has 0 fully saturated rings. The number of hydrogen-bond acceptors (Lipinski definition) is 6. The first-order chi connectivity index (χ1) is 12.9. The highest BCUT2D eigenvalue weighted by Crippen LogP contribution is 2.24. The molecule has 0 saturated heterocycles. The number of benzene rings is 2. The lowest BCUT2D eigenvalue weighted by atomic mass is 10.1. The normalized spacial score (nSPS) is 10.4. The SMILES string of the molecule is CC(=O)c1cc(OCCCCCOc2ccc(O)c(C(C)=O)c2)ccc1O. The molecule has 0 atom stereocenters. The minimum atomic E-state index is -0.211. The lowest BCUT2D eigenvalue weighted by Crippen LogP contribution is -2.02. The Bertz CT molecular complexity index is 745. The van der Waals surface area contributed by atoms with Gasteiger partial charge in [0.2, 0.25) is 0 Å². The summed E-state index contributed by atoms with van der Waals surface area (Å²) in [5.41, 5.74) is 0.499. The van der Waals surface area contributed by atoms with Crippen LogP contribution in [-0.2, 0) is 0 Å². The van der Waals surface area contributed by atoms with E-state index in [4.69, 9.17) is 9.47 Å². The molecule has 0 unspecified atom stereocenters. The molecular formula is C21H24O6. The van der Waals surface area contributed by atoms with Crippen molar-refractivity contribution in [3.63, 3.8) is 0 Å². The van der Waals surface area contributed by atoms with Crippen LogP contribution in [0.2, 0.25) is 0 Å². The van der Waals surface area contributed by atoms with Crippen LogP contribution in [0, 0.1) is 0 Å². The number of carbonyl (C=O) groups is 2. The molecule has 144 valence electrons. The fraction of sp³-hybridized carbons (Fsp3) is 0.333. The molecule has 0 aliphatic heterocycles. The molecule has 0 saturated carbocycles. The molecule has 6 nitrogen and oxygen atoms in total. The van der Waals surface area contributed by atoms with Gasteiger partial charge in [0.05, 0.1) is 24.3 Å². The summed E-state index contributed by atoms with van der Waals surface area (Å²) < 4.78 is 11.2. The van der Waals surface area contributed by atoms with E-state index in [9.17, 15) is 19.8 Å². The molecule has 0 amide bonds. The second kappa shape index (κ2) is 9.62. The van der Waals surface area contributed by atoms with Crippen LogP contribution < -0.4 is 9.47 Å². The number of carbonyl (C=O) groups excluding carboxylic acids is 2. The van der Waals surface area contributed by atoms with Crippen molar-refractivity contribution in [2.75, 3.05) is 13.2 Å². The van der Waals surface area contributed by atoms with Gasteiger partial charge in [-0.2, -0.15) is 0 Å². The Morgan fingerprint density at radius 2 is 1.15 bits per heavy atom. The van der Waals surface area contributed by atoms with E-state index >= 15 is 0 Å². The first-order valence-corrected chi connectivity index (χ1v) is 8.82. The van der Waals surface area contributed by atoms with Gasteiger partial charge in [-0.25, -0.2) is 0 Å². The Morgan fingerprint density at radius 3 is 1.52 bits per heavy atom. The summed E-state index contributed by atoms with van der Waals surface area (Å²) in [7, 11) is 0. The molecule has 2 N–H and O–H groups in total. The standard InChI is InChI=1S/C21H24O6/c1-14(22)18-12-16(6-8-20(18)24)26-10-4-3-5-11-27-17-7-9-21(25)19(13-17)15(2)23/h6-9,12-13,24-25H,3-5,10-11H2,1-2H3. The van der Waals surface area contributed by atoms with Gasteiger partial charge in [-0.3, -0.25) is 9.59 Å². The zero-order chi connectivity index (χ0) is 19.8. The monoisotopic (exact) mass is 372 g/mol. The van der Waals surface area contributed by atoms with Gasteiger partial charge in [0.1, 0.15) is 23.0 Å². The maximum atomic E-state index is 11.4. The molecule has 27 heavy (non-hydrogen) atoms. The van der Waals surface area contributed by atoms with E-state index in [0.717, 1.165) is 19.3 Å². The summed E-state index contributed by atoms with van der Waals surface area (Å²) >= 11 is 0. The summed E-state index contributed by atoms with van der Waals surface area (Å²) in [5.74, 6) is 0.586. The van der Waals surface area contributed by atoms with Crippen molar-refractivity contribution in [1.82, 2.24) is 0 Å². The zero-order valence-electron chi connectivity index (χ0n) is 15.5. The van der Waals surface area contributed by atoms with Gasteiger partial charge in [-0.15, -0.1) is 0 Å². The molecule has 6 heteroatoms. The molecule has 2 rings (SSSR count). The van der Waals surface area contributed by atoms with Crippen molar-refractivity contribution >= 4 is 11.6 Å². The van der Waals surface area contributed by atoms with E-state index < -0.39 is 0 Å². The highest BCUT2D eigenvalue weighted by Gasteiger charge is 2.09. The average Bonchev–Trinajstić information content (AvgIpc) is 2.63. The van der Waals surface area contributed by atoms with Crippen LogP contribution in [0.25, 0.3) is 0 Å². The average molecular weight is 372 g/mol. The van der Waals surface area contributed by atoms with Crippen molar-refractivity contribution in [1.29, 1.82) is 0 Å². The van der Waals surface area contributed by atoms with Gasteiger partial charge in [0.25, 0.3) is 0 Å². The van der Waals surface area contributed by atoms with E-state index in [1.165, 1.54) is 38.1 Å². The summed E-state index contributed by atoms with van der Waals surface area (Å²) in [5, 5.41) is 19.2. The fourth-order valence-electron chi connectivity index (χ4n) is 2.53.